The zero-order valence-corrected chi connectivity index (χ0v) is 13.9. The number of ether oxygens (including phenoxy) is 1. The molecule has 2 heteroatoms. The van der Waals surface area contributed by atoms with Crippen LogP contribution in [0.2, 0.25) is 0 Å². The number of rotatable bonds is 10. The van der Waals surface area contributed by atoms with Crippen LogP contribution in [0.3, 0.4) is 0 Å². The summed E-state index contributed by atoms with van der Waals surface area (Å²) in [5, 5.41) is 3.68. The highest BCUT2D eigenvalue weighted by Gasteiger charge is 2.22. The highest BCUT2D eigenvalue weighted by Crippen LogP contribution is 2.24. The normalized spacial score (nSPS) is 16.4. The first kappa shape index (κ1) is 16.5. The van der Waals surface area contributed by atoms with Crippen LogP contribution in [0, 0.1) is 12.8 Å². The number of hydrogen-bond acceptors (Lipinski definition) is 2. The van der Waals surface area contributed by atoms with Gasteiger partial charge in [0.1, 0.15) is 0 Å². The Balaban J connectivity index is 1.80. The van der Waals surface area contributed by atoms with Gasteiger partial charge in [0.2, 0.25) is 0 Å². The lowest BCUT2D eigenvalue weighted by atomic mass is 9.94. The maximum atomic E-state index is 5.82. The zero-order chi connectivity index (χ0) is 15.1. The molecule has 0 radical (unpaired) electrons. The van der Waals surface area contributed by atoms with E-state index in [2.05, 4.69) is 50.4 Å². The van der Waals surface area contributed by atoms with Crippen molar-refractivity contribution in [1.82, 2.24) is 5.32 Å². The van der Waals surface area contributed by atoms with E-state index in [0.717, 1.165) is 44.6 Å². The number of aryl methyl sites for hydroxylation is 1. The molecule has 1 fully saturated rings. The molecule has 1 aromatic rings. The smallest absolute Gasteiger partial charge is 0.0472 e. The van der Waals surface area contributed by atoms with Gasteiger partial charge in [0.25, 0.3) is 0 Å². The van der Waals surface area contributed by atoms with Crippen molar-refractivity contribution in [2.24, 2.45) is 5.92 Å². The SMILES string of the molecule is Cc1cccc(C(CCOCCC(C)C)CNC2CC2)c1. The topological polar surface area (TPSA) is 21.3 Å². The second kappa shape index (κ2) is 8.55. The maximum Gasteiger partial charge on any atom is 0.0472 e. The quantitative estimate of drug-likeness (QED) is 0.649. The van der Waals surface area contributed by atoms with Crippen LogP contribution in [0.15, 0.2) is 24.3 Å². The van der Waals surface area contributed by atoms with Gasteiger partial charge in [-0.2, -0.15) is 0 Å². The van der Waals surface area contributed by atoms with Crippen LogP contribution in [-0.2, 0) is 4.74 Å². The minimum atomic E-state index is 0.574. The molecule has 0 heterocycles. The molecule has 0 aromatic heterocycles. The van der Waals surface area contributed by atoms with Crippen LogP contribution >= 0.6 is 0 Å². The molecule has 2 nitrogen and oxygen atoms in total. The van der Waals surface area contributed by atoms with Crippen LogP contribution in [0.5, 0.6) is 0 Å². The molecule has 118 valence electrons. The molecule has 2 rings (SSSR count). The van der Waals surface area contributed by atoms with Crippen molar-refractivity contribution in [1.29, 1.82) is 0 Å². The summed E-state index contributed by atoms with van der Waals surface area (Å²) in [5.41, 5.74) is 2.81. The lowest BCUT2D eigenvalue weighted by Crippen LogP contribution is -2.24. The first-order chi connectivity index (χ1) is 10.1. The Hall–Kier alpha value is -0.860. The van der Waals surface area contributed by atoms with E-state index < -0.39 is 0 Å². The lowest BCUT2D eigenvalue weighted by Gasteiger charge is -2.19. The molecular formula is C19H31NO. The van der Waals surface area contributed by atoms with Gasteiger partial charge in [0.05, 0.1) is 0 Å². The third-order valence-corrected chi connectivity index (χ3v) is 4.19. The lowest BCUT2D eigenvalue weighted by molar-refractivity contribution is 0.116. The van der Waals surface area contributed by atoms with Gasteiger partial charge in [-0.3, -0.25) is 0 Å². The van der Waals surface area contributed by atoms with Crippen molar-refractivity contribution in [2.75, 3.05) is 19.8 Å². The van der Waals surface area contributed by atoms with Crippen LogP contribution in [0.25, 0.3) is 0 Å². The predicted octanol–water partition coefficient (Wildman–Crippen LogP) is 4.28. The third-order valence-electron chi connectivity index (χ3n) is 4.19. The van der Waals surface area contributed by atoms with Crippen molar-refractivity contribution in [3.05, 3.63) is 35.4 Å². The van der Waals surface area contributed by atoms with E-state index in [9.17, 15) is 0 Å². The molecule has 21 heavy (non-hydrogen) atoms. The summed E-state index contributed by atoms with van der Waals surface area (Å²) in [5.74, 6) is 1.30. The molecule has 1 atom stereocenters. The average molecular weight is 289 g/mol. The summed E-state index contributed by atoms with van der Waals surface area (Å²) in [7, 11) is 0. The molecular weight excluding hydrogens is 258 g/mol. The van der Waals surface area contributed by atoms with E-state index in [1.807, 2.05) is 0 Å². The fourth-order valence-electron chi connectivity index (χ4n) is 2.55. The van der Waals surface area contributed by atoms with Crippen LogP contribution in [0.1, 0.15) is 56.6 Å². The minimum absolute atomic E-state index is 0.574. The van der Waals surface area contributed by atoms with Gasteiger partial charge in [-0.1, -0.05) is 43.7 Å². The molecule has 0 saturated heterocycles. The monoisotopic (exact) mass is 289 g/mol. The van der Waals surface area contributed by atoms with E-state index in [-0.39, 0.29) is 0 Å². The van der Waals surface area contributed by atoms with Crippen molar-refractivity contribution in [3.63, 3.8) is 0 Å². The molecule has 0 spiro atoms. The highest BCUT2D eigenvalue weighted by molar-refractivity contribution is 5.25. The van der Waals surface area contributed by atoms with Crippen molar-refractivity contribution < 1.29 is 4.74 Å². The fourth-order valence-corrected chi connectivity index (χ4v) is 2.55. The molecule has 1 unspecified atom stereocenters. The van der Waals surface area contributed by atoms with Gasteiger partial charge in [-0.05, 0) is 50.0 Å². The van der Waals surface area contributed by atoms with Gasteiger partial charge in [-0.25, -0.2) is 0 Å². The Morgan fingerprint density at radius 1 is 1.19 bits per heavy atom. The second-order valence-electron chi connectivity index (χ2n) is 6.88. The molecule has 1 saturated carbocycles. The Labute approximate surface area is 130 Å². The fraction of sp³-hybridized carbons (Fsp3) is 0.684. The Kier molecular flexibility index (Phi) is 6.72. The summed E-state index contributed by atoms with van der Waals surface area (Å²) in [6.45, 7) is 9.53. The van der Waals surface area contributed by atoms with Gasteiger partial charge in [-0.15, -0.1) is 0 Å². The molecule has 1 aliphatic carbocycles. The van der Waals surface area contributed by atoms with Crippen LogP contribution < -0.4 is 5.32 Å². The standard InChI is InChI=1S/C19H31NO/c1-15(2)9-11-21-12-10-18(14-20-19-7-8-19)17-6-4-5-16(3)13-17/h4-6,13,15,18-20H,7-12,14H2,1-3H3. The highest BCUT2D eigenvalue weighted by atomic mass is 16.5. The summed E-state index contributed by atoms with van der Waals surface area (Å²) in [4.78, 5) is 0. The first-order valence-corrected chi connectivity index (χ1v) is 8.53. The Bertz CT molecular complexity index is 412. The predicted molar refractivity (Wildman–Crippen MR) is 89.8 cm³/mol. The molecule has 0 aliphatic heterocycles. The molecule has 1 aliphatic rings. The maximum absolute atomic E-state index is 5.82. The largest absolute Gasteiger partial charge is 0.381 e. The molecule has 1 aromatic carbocycles. The third kappa shape index (κ3) is 6.62. The van der Waals surface area contributed by atoms with E-state index in [1.54, 1.807) is 0 Å². The summed E-state index contributed by atoms with van der Waals surface area (Å²) in [6.07, 6.45) is 4.98. The number of nitrogens with one attached hydrogen (secondary N) is 1. The summed E-state index contributed by atoms with van der Waals surface area (Å²) < 4.78 is 5.82. The van der Waals surface area contributed by atoms with E-state index in [4.69, 9.17) is 4.74 Å². The first-order valence-electron chi connectivity index (χ1n) is 8.53. The second-order valence-corrected chi connectivity index (χ2v) is 6.88. The van der Waals surface area contributed by atoms with Crippen molar-refractivity contribution in [2.45, 2.75) is 58.4 Å². The molecule has 1 N–H and O–H groups in total. The average Bonchev–Trinajstić information content (AvgIpc) is 3.25. The van der Waals surface area contributed by atoms with E-state index in [1.165, 1.54) is 24.0 Å². The Morgan fingerprint density at radius 2 is 1.95 bits per heavy atom. The van der Waals surface area contributed by atoms with Crippen LogP contribution in [-0.4, -0.2) is 25.8 Å². The molecule has 0 bridgehead atoms. The Morgan fingerprint density at radius 3 is 2.62 bits per heavy atom. The minimum Gasteiger partial charge on any atom is -0.381 e. The zero-order valence-electron chi connectivity index (χ0n) is 13.9. The summed E-state index contributed by atoms with van der Waals surface area (Å²) >= 11 is 0. The summed E-state index contributed by atoms with van der Waals surface area (Å²) in [6, 6.07) is 9.72. The van der Waals surface area contributed by atoms with Gasteiger partial charge in [0, 0.05) is 25.8 Å². The van der Waals surface area contributed by atoms with Gasteiger partial charge >= 0.3 is 0 Å². The van der Waals surface area contributed by atoms with Crippen molar-refractivity contribution in [3.8, 4) is 0 Å². The number of benzene rings is 1. The van der Waals surface area contributed by atoms with E-state index >= 15 is 0 Å². The van der Waals surface area contributed by atoms with Crippen LogP contribution in [0.4, 0.5) is 0 Å². The number of hydrogen-bond donors (Lipinski definition) is 1. The van der Waals surface area contributed by atoms with Gasteiger partial charge < -0.3 is 10.1 Å². The van der Waals surface area contributed by atoms with Crippen molar-refractivity contribution >= 4 is 0 Å². The van der Waals surface area contributed by atoms with Gasteiger partial charge in [0.15, 0.2) is 0 Å². The molecule has 0 amide bonds. The van der Waals surface area contributed by atoms with E-state index in [0.29, 0.717) is 5.92 Å².